The second-order valence-electron chi connectivity index (χ2n) is 3.80. The highest BCUT2D eigenvalue weighted by atomic mass is 35.5. The van der Waals surface area contributed by atoms with Gasteiger partial charge in [0.15, 0.2) is 0 Å². The molecule has 0 aliphatic heterocycles. The summed E-state index contributed by atoms with van der Waals surface area (Å²) in [5, 5.41) is 1.56. The Morgan fingerprint density at radius 3 is 2.38 bits per heavy atom. The normalized spacial score (nSPS) is 12.4. The van der Waals surface area contributed by atoms with Crippen LogP contribution in [0.3, 0.4) is 0 Å². The van der Waals surface area contributed by atoms with Crippen LogP contribution in [0.25, 0.3) is 0 Å². The van der Waals surface area contributed by atoms with E-state index >= 15 is 0 Å². The number of rotatable bonds is 2. The standard InChI is InChI=1S/C14H12Cl2/c1-10(11-5-4-6-12(15)9-11)13-7-2-3-8-14(13)16/h2-10H,1H3. The van der Waals surface area contributed by atoms with Gasteiger partial charge in [-0.25, -0.2) is 0 Å². The van der Waals surface area contributed by atoms with E-state index in [2.05, 4.69) is 13.0 Å². The average Bonchev–Trinajstić information content (AvgIpc) is 2.29. The third-order valence-corrected chi connectivity index (χ3v) is 3.30. The fourth-order valence-corrected chi connectivity index (χ4v) is 2.28. The first-order valence-corrected chi connectivity index (χ1v) is 5.94. The fourth-order valence-electron chi connectivity index (χ4n) is 1.78. The lowest BCUT2D eigenvalue weighted by Gasteiger charge is -2.14. The summed E-state index contributed by atoms with van der Waals surface area (Å²) in [5.41, 5.74) is 2.31. The second-order valence-corrected chi connectivity index (χ2v) is 4.64. The van der Waals surface area contributed by atoms with Crippen molar-refractivity contribution in [2.45, 2.75) is 12.8 Å². The van der Waals surface area contributed by atoms with E-state index in [-0.39, 0.29) is 5.92 Å². The van der Waals surface area contributed by atoms with Crippen molar-refractivity contribution in [3.05, 3.63) is 69.7 Å². The quantitative estimate of drug-likeness (QED) is 0.692. The minimum absolute atomic E-state index is 0.257. The van der Waals surface area contributed by atoms with Crippen LogP contribution in [-0.4, -0.2) is 0 Å². The second kappa shape index (κ2) is 4.90. The van der Waals surface area contributed by atoms with Crippen molar-refractivity contribution in [2.75, 3.05) is 0 Å². The summed E-state index contributed by atoms with van der Waals surface area (Å²) in [6, 6.07) is 15.8. The van der Waals surface area contributed by atoms with Gasteiger partial charge in [0.25, 0.3) is 0 Å². The Morgan fingerprint density at radius 1 is 0.938 bits per heavy atom. The van der Waals surface area contributed by atoms with Crippen LogP contribution in [0.15, 0.2) is 48.5 Å². The van der Waals surface area contributed by atoms with Crippen LogP contribution in [0.5, 0.6) is 0 Å². The molecule has 0 aromatic heterocycles. The van der Waals surface area contributed by atoms with Crippen LogP contribution < -0.4 is 0 Å². The molecule has 2 heteroatoms. The van der Waals surface area contributed by atoms with E-state index in [1.807, 2.05) is 42.5 Å². The zero-order valence-electron chi connectivity index (χ0n) is 8.95. The van der Waals surface area contributed by atoms with Crippen LogP contribution in [0, 0.1) is 0 Å². The first-order chi connectivity index (χ1) is 7.68. The zero-order chi connectivity index (χ0) is 11.5. The minimum atomic E-state index is 0.257. The molecule has 0 heterocycles. The molecule has 82 valence electrons. The Hall–Kier alpha value is -0.980. The van der Waals surface area contributed by atoms with Gasteiger partial charge in [0, 0.05) is 16.0 Å². The topological polar surface area (TPSA) is 0 Å². The van der Waals surface area contributed by atoms with E-state index in [4.69, 9.17) is 23.2 Å². The molecule has 0 saturated heterocycles. The Labute approximate surface area is 106 Å². The van der Waals surface area contributed by atoms with Gasteiger partial charge in [-0.1, -0.05) is 60.5 Å². The molecule has 0 N–H and O–H groups in total. The zero-order valence-corrected chi connectivity index (χ0v) is 10.5. The molecular weight excluding hydrogens is 239 g/mol. The average molecular weight is 251 g/mol. The van der Waals surface area contributed by atoms with Gasteiger partial charge < -0.3 is 0 Å². The molecule has 0 nitrogen and oxygen atoms in total. The Morgan fingerprint density at radius 2 is 1.69 bits per heavy atom. The number of halogens is 2. The maximum absolute atomic E-state index is 6.18. The molecule has 0 amide bonds. The van der Waals surface area contributed by atoms with Crippen molar-refractivity contribution in [1.82, 2.24) is 0 Å². The summed E-state index contributed by atoms with van der Waals surface area (Å²) in [4.78, 5) is 0. The molecule has 0 bridgehead atoms. The smallest absolute Gasteiger partial charge is 0.0444 e. The van der Waals surface area contributed by atoms with Crippen molar-refractivity contribution in [2.24, 2.45) is 0 Å². The van der Waals surface area contributed by atoms with Gasteiger partial charge in [-0.2, -0.15) is 0 Å². The summed E-state index contributed by atoms with van der Waals surface area (Å²) in [6.45, 7) is 2.13. The minimum Gasteiger partial charge on any atom is -0.0843 e. The molecule has 2 rings (SSSR count). The molecular formula is C14H12Cl2. The van der Waals surface area contributed by atoms with Crippen molar-refractivity contribution >= 4 is 23.2 Å². The number of benzene rings is 2. The van der Waals surface area contributed by atoms with E-state index in [1.165, 1.54) is 5.56 Å². The van der Waals surface area contributed by atoms with Crippen LogP contribution in [0.1, 0.15) is 24.0 Å². The molecule has 16 heavy (non-hydrogen) atoms. The molecule has 1 atom stereocenters. The largest absolute Gasteiger partial charge is 0.0843 e. The molecule has 2 aromatic rings. The first-order valence-electron chi connectivity index (χ1n) is 5.18. The van der Waals surface area contributed by atoms with E-state index in [0.29, 0.717) is 0 Å². The highest BCUT2D eigenvalue weighted by molar-refractivity contribution is 6.31. The summed E-state index contributed by atoms with van der Waals surface area (Å²) >= 11 is 12.2. The highest BCUT2D eigenvalue weighted by Gasteiger charge is 2.11. The van der Waals surface area contributed by atoms with E-state index < -0.39 is 0 Å². The predicted molar refractivity (Wildman–Crippen MR) is 70.4 cm³/mol. The van der Waals surface area contributed by atoms with Gasteiger partial charge in [0.05, 0.1) is 0 Å². The van der Waals surface area contributed by atoms with Gasteiger partial charge in [0.1, 0.15) is 0 Å². The van der Waals surface area contributed by atoms with E-state index in [0.717, 1.165) is 15.6 Å². The van der Waals surface area contributed by atoms with Crippen molar-refractivity contribution in [3.63, 3.8) is 0 Å². The van der Waals surface area contributed by atoms with Crippen LogP contribution in [0.2, 0.25) is 10.0 Å². The molecule has 0 aliphatic rings. The SMILES string of the molecule is CC(c1cccc(Cl)c1)c1ccccc1Cl. The maximum Gasteiger partial charge on any atom is 0.0444 e. The summed E-state index contributed by atoms with van der Waals surface area (Å²) in [6.07, 6.45) is 0. The first kappa shape index (κ1) is 11.5. The summed E-state index contributed by atoms with van der Waals surface area (Å²) < 4.78 is 0. The van der Waals surface area contributed by atoms with Gasteiger partial charge >= 0.3 is 0 Å². The lowest BCUT2D eigenvalue weighted by atomic mass is 9.93. The van der Waals surface area contributed by atoms with Crippen LogP contribution >= 0.6 is 23.2 Å². The van der Waals surface area contributed by atoms with Crippen molar-refractivity contribution in [1.29, 1.82) is 0 Å². The fraction of sp³-hybridized carbons (Fsp3) is 0.143. The van der Waals surface area contributed by atoms with Crippen LogP contribution in [0.4, 0.5) is 0 Å². The van der Waals surface area contributed by atoms with Crippen LogP contribution in [-0.2, 0) is 0 Å². The lowest BCUT2D eigenvalue weighted by molar-refractivity contribution is 0.923. The van der Waals surface area contributed by atoms with Gasteiger partial charge in [-0.05, 0) is 29.3 Å². The molecule has 0 aliphatic carbocycles. The third-order valence-electron chi connectivity index (χ3n) is 2.72. The summed E-state index contributed by atoms with van der Waals surface area (Å²) in [7, 11) is 0. The molecule has 0 saturated carbocycles. The molecule has 2 aromatic carbocycles. The maximum atomic E-state index is 6.18. The monoisotopic (exact) mass is 250 g/mol. The third kappa shape index (κ3) is 2.40. The number of hydrogen-bond donors (Lipinski definition) is 0. The Balaban J connectivity index is 2.39. The molecule has 0 radical (unpaired) electrons. The number of hydrogen-bond acceptors (Lipinski definition) is 0. The van der Waals surface area contributed by atoms with Crippen molar-refractivity contribution < 1.29 is 0 Å². The Bertz CT molecular complexity index is 492. The van der Waals surface area contributed by atoms with Crippen molar-refractivity contribution in [3.8, 4) is 0 Å². The van der Waals surface area contributed by atoms with Gasteiger partial charge in [-0.3, -0.25) is 0 Å². The Kier molecular flexibility index (Phi) is 3.52. The molecule has 1 unspecified atom stereocenters. The van der Waals surface area contributed by atoms with E-state index in [9.17, 15) is 0 Å². The predicted octanol–water partition coefficient (Wildman–Crippen LogP) is 5.15. The van der Waals surface area contributed by atoms with E-state index in [1.54, 1.807) is 0 Å². The van der Waals surface area contributed by atoms with Gasteiger partial charge in [0.2, 0.25) is 0 Å². The molecule has 0 spiro atoms. The lowest BCUT2D eigenvalue weighted by Crippen LogP contribution is -1.96. The highest BCUT2D eigenvalue weighted by Crippen LogP contribution is 2.30. The van der Waals surface area contributed by atoms with Gasteiger partial charge in [-0.15, -0.1) is 0 Å². The molecule has 0 fully saturated rings. The summed E-state index contributed by atoms with van der Waals surface area (Å²) in [5.74, 6) is 0.257.